The molecule has 2 heterocycles. The van der Waals surface area contributed by atoms with Gasteiger partial charge in [-0.3, -0.25) is 4.79 Å². The van der Waals surface area contributed by atoms with E-state index in [1.54, 1.807) is 12.1 Å². The first kappa shape index (κ1) is 14.7. The minimum Gasteiger partial charge on any atom is -0.463 e. The molecule has 19 heavy (non-hydrogen) atoms. The summed E-state index contributed by atoms with van der Waals surface area (Å²) in [7, 11) is 0. The molecule has 0 radical (unpaired) electrons. The first-order chi connectivity index (χ1) is 8.97. The average molecular weight is 261 g/mol. The van der Waals surface area contributed by atoms with Crippen LogP contribution in [0, 0.1) is 11.3 Å². The van der Waals surface area contributed by atoms with E-state index in [2.05, 4.69) is 0 Å². The fourth-order valence-electron chi connectivity index (χ4n) is 1.36. The Morgan fingerprint density at radius 3 is 2.53 bits per heavy atom. The van der Waals surface area contributed by atoms with Crippen molar-refractivity contribution in [2.75, 3.05) is 0 Å². The lowest BCUT2D eigenvalue weighted by Gasteiger charge is -2.06. The number of hydrogen-bond acceptors (Lipinski definition) is 5. The third-order valence-electron chi connectivity index (χ3n) is 2.48. The van der Waals surface area contributed by atoms with Gasteiger partial charge in [0.15, 0.2) is 0 Å². The lowest BCUT2D eigenvalue weighted by molar-refractivity contribution is -0.145. The fourth-order valence-corrected chi connectivity index (χ4v) is 1.36. The van der Waals surface area contributed by atoms with Crippen LogP contribution in [0.15, 0.2) is 27.4 Å². The third kappa shape index (κ3) is 4.11. The predicted octanol–water partition coefficient (Wildman–Crippen LogP) is 2.45. The summed E-state index contributed by atoms with van der Waals surface area (Å²) in [6.45, 7) is 5.28. The molecule has 0 spiro atoms. The Hall–Kier alpha value is -2.35. The minimum atomic E-state index is -0.374. The molecule has 3 aromatic rings. The van der Waals surface area contributed by atoms with Gasteiger partial charge in [0.25, 0.3) is 0 Å². The second-order valence-corrected chi connectivity index (χ2v) is 4.04. The predicted molar refractivity (Wildman–Crippen MR) is 69.9 cm³/mol. The molecule has 0 N–H and O–H groups in total. The molecule has 3 rings (SSSR count). The van der Waals surface area contributed by atoms with Crippen molar-refractivity contribution < 1.29 is 13.9 Å². The number of rotatable bonds is 2. The Morgan fingerprint density at radius 2 is 2.21 bits per heavy atom. The van der Waals surface area contributed by atoms with Crippen LogP contribution in [0.1, 0.15) is 32.8 Å². The molecule has 2 bridgehead atoms. The van der Waals surface area contributed by atoms with E-state index < -0.39 is 0 Å². The number of benzene rings is 1. The summed E-state index contributed by atoms with van der Waals surface area (Å²) in [5.74, 6) is -0.195. The molecule has 5 nitrogen and oxygen atoms in total. The Labute approximate surface area is 110 Å². The number of hydrogen-bond donors (Lipinski definition) is 0. The highest BCUT2D eigenvalue weighted by molar-refractivity contribution is 5.69. The van der Waals surface area contributed by atoms with Gasteiger partial charge in [0.05, 0.1) is 17.1 Å². The Bertz CT molecular complexity index is 638. The normalized spacial score (nSPS) is 11.3. The van der Waals surface area contributed by atoms with Crippen LogP contribution in [0.4, 0.5) is 0 Å². The summed E-state index contributed by atoms with van der Waals surface area (Å²) < 4.78 is 9.51. The van der Waals surface area contributed by atoms with E-state index in [-0.39, 0.29) is 17.7 Å². The molecule has 0 aliphatic rings. The zero-order chi connectivity index (χ0) is 14.4. The number of nitriles is 1. The second kappa shape index (κ2) is 6.55. The quantitative estimate of drug-likeness (QED) is 0.775. The van der Waals surface area contributed by atoms with Gasteiger partial charge in [0.2, 0.25) is 0 Å². The van der Waals surface area contributed by atoms with Crippen LogP contribution >= 0.6 is 0 Å². The highest BCUT2D eigenvalue weighted by atomic mass is 16.5. The number of ether oxygens (including phenoxy) is 1. The van der Waals surface area contributed by atoms with Crippen LogP contribution in [0.3, 0.4) is 0 Å². The van der Waals surface area contributed by atoms with Crippen LogP contribution in [-0.2, 0) is 9.53 Å². The van der Waals surface area contributed by atoms with E-state index in [4.69, 9.17) is 14.4 Å². The number of carbonyl (C=O) groups excluding carboxylic acids is 1. The van der Waals surface area contributed by atoms with E-state index in [0.29, 0.717) is 16.5 Å². The molecule has 0 aliphatic carbocycles. The third-order valence-corrected chi connectivity index (χ3v) is 2.48. The largest absolute Gasteiger partial charge is 0.463 e. The fraction of sp³-hybridized carbons (Fsp3) is 0.357. The smallest absolute Gasteiger partial charge is 0.343 e. The van der Waals surface area contributed by atoms with Crippen LogP contribution in [0.5, 0.6) is 0 Å². The molecular weight excluding hydrogens is 246 g/mol. The zero-order valence-corrected chi connectivity index (χ0v) is 11.1. The number of fused-ring (bicyclic) bond motifs is 3. The lowest BCUT2D eigenvalue weighted by Crippen LogP contribution is -2.09. The van der Waals surface area contributed by atoms with Gasteiger partial charge in [-0.05, 0) is 31.5 Å². The Kier molecular flexibility index (Phi) is 5.07. The number of esters is 1. The first-order valence-corrected chi connectivity index (χ1v) is 5.91. The van der Waals surface area contributed by atoms with Crippen LogP contribution in [0.25, 0.3) is 11.0 Å². The van der Waals surface area contributed by atoms with Crippen molar-refractivity contribution in [1.82, 2.24) is 0 Å². The van der Waals surface area contributed by atoms with Gasteiger partial charge in [-0.2, -0.15) is 5.26 Å². The van der Waals surface area contributed by atoms with E-state index >= 15 is 0 Å². The van der Waals surface area contributed by atoms with Gasteiger partial charge in [-0.15, -0.1) is 0 Å². The molecule has 0 fully saturated rings. The van der Waals surface area contributed by atoms with E-state index in [1.165, 1.54) is 13.0 Å². The van der Waals surface area contributed by atoms with Crippen molar-refractivity contribution in [3.63, 3.8) is 0 Å². The standard InChI is InChI=1S/C8H3NO2.C6H12O2/c9-4-6-3-5-1-2-7(6)11-8(5)10;1-4-5(2)8-6(3)7/h1-3H;5H,4H2,1-3H3. The molecule has 0 amide bonds. The highest BCUT2D eigenvalue weighted by Crippen LogP contribution is 2.12. The van der Waals surface area contributed by atoms with Crippen LogP contribution in [-0.4, -0.2) is 12.1 Å². The molecule has 0 saturated heterocycles. The number of carbonyl (C=O) groups is 1. The first-order valence-electron chi connectivity index (χ1n) is 5.91. The minimum absolute atomic E-state index is 0.0764. The maximum Gasteiger partial charge on any atom is 0.343 e. The molecule has 0 saturated carbocycles. The molecule has 2 aromatic heterocycles. The van der Waals surface area contributed by atoms with E-state index in [0.717, 1.165) is 6.42 Å². The average Bonchev–Trinajstić information content (AvgIpc) is 2.39. The molecule has 1 aromatic carbocycles. The van der Waals surface area contributed by atoms with Gasteiger partial charge >= 0.3 is 11.6 Å². The van der Waals surface area contributed by atoms with Crippen molar-refractivity contribution in [2.24, 2.45) is 0 Å². The van der Waals surface area contributed by atoms with Crippen molar-refractivity contribution in [2.45, 2.75) is 33.3 Å². The van der Waals surface area contributed by atoms with Gasteiger partial charge < -0.3 is 9.15 Å². The van der Waals surface area contributed by atoms with Crippen LogP contribution < -0.4 is 5.63 Å². The topological polar surface area (TPSA) is 80.3 Å². The van der Waals surface area contributed by atoms with E-state index in [9.17, 15) is 9.59 Å². The second-order valence-electron chi connectivity index (χ2n) is 4.04. The molecular formula is C14H15NO4. The lowest BCUT2D eigenvalue weighted by atomic mass is 10.1. The van der Waals surface area contributed by atoms with Gasteiger partial charge in [-0.1, -0.05) is 6.92 Å². The summed E-state index contributed by atoms with van der Waals surface area (Å²) >= 11 is 0. The van der Waals surface area contributed by atoms with E-state index in [1.807, 2.05) is 19.9 Å². The molecule has 1 atom stereocenters. The summed E-state index contributed by atoms with van der Waals surface area (Å²) in [5, 5.41) is 8.96. The van der Waals surface area contributed by atoms with Gasteiger partial charge in [0, 0.05) is 6.92 Å². The van der Waals surface area contributed by atoms with Crippen LogP contribution in [0.2, 0.25) is 0 Å². The molecule has 100 valence electrons. The summed E-state index contributed by atoms with van der Waals surface area (Å²) in [6.07, 6.45) is 0.965. The zero-order valence-electron chi connectivity index (χ0n) is 11.1. The molecule has 0 aliphatic heterocycles. The molecule has 5 heteroatoms. The Morgan fingerprint density at radius 1 is 1.53 bits per heavy atom. The Balaban J connectivity index is 0.000000203. The molecule has 1 unspecified atom stereocenters. The monoisotopic (exact) mass is 261 g/mol. The SMILES string of the molecule is CCC(C)OC(C)=O.N#Cc1cc2ccc1oc2=O. The summed E-state index contributed by atoms with van der Waals surface area (Å²) in [5.41, 5.74) is 0.399. The van der Waals surface area contributed by atoms with Crippen molar-refractivity contribution in [1.29, 1.82) is 5.26 Å². The summed E-state index contributed by atoms with van der Waals surface area (Å²) in [4.78, 5) is 21.0. The maximum atomic E-state index is 10.8. The number of nitrogens with zero attached hydrogens (tertiary/aromatic N) is 1. The summed E-state index contributed by atoms with van der Waals surface area (Å²) in [6, 6.07) is 6.72. The van der Waals surface area contributed by atoms with Gasteiger partial charge in [0.1, 0.15) is 11.7 Å². The maximum absolute atomic E-state index is 10.8. The highest BCUT2D eigenvalue weighted by Gasteiger charge is 2.05. The van der Waals surface area contributed by atoms with Gasteiger partial charge in [-0.25, -0.2) is 4.79 Å². The van der Waals surface area contributed by atoms with Crippen molar-refractivity contribution in [3.8, 4) is 6.07 Å². The van der Waals surface area contributed by atoms with Crippen molar-refractivity contribution >= 4 is 16.9 Å². The van der Waals surface area contributed by atoms with Crippen molar-refractivity contribution in [3.05, 3.63) is 34.2 Å².